The third-order valence-electron chi connectivity index (χ3n) is 9.25. The van der Waals surface area contributed by atoms with Crippen LogP contribution >= 0.6 is 27.7 Å². The van der Waals surface area contributed by atoms with Crippen molar-refractivity contribution in [1.29, 1.82) is 0 Å². The number of rotatable bonds is 14. The number of halogens is 1. The minimum atomic E-state index is -0.738. The van der Waals surface area contributed by atoms with Gasteiger partial charge in [-0.3, -0.25) is 14.4 Å². The molecule has 3 aliphatic heterocycles. The van der Waals surface area contributed by atoms with E-state index in [4.69, 9.17) is 4.74 Å². The van der Waals surface area contributed by atoms with Crippen molar-refractivity contribution in [2.45, 2.75) is 111 Å². The molecule has 0 aromatic heterocycles. The number of esters is 1. The number of thioether (sulfide) groups is 1. The van der Waals surface area contributed by atoms with E-state index in [1.54, 1.807) is 22.7 Å². The van der Waals surface area contributed by atoms with Crippen LogP contribution in [0.4, 0.5) is 0 Å². The van der Waals surface area contributed by atoms with Gasteiger partial charge in [-0.1, -0.05) is 61.2 Å². The highest BCUT2D eigenvalue weighted by molar-refractivity contribution is 9.09. The predicted octanol–water partition coefficient (Wildman–Crippen LogP) is 5.10. The quantitative estimate of drug-likeness (QED) is 0.123. The second kappa shape index (κ2) is 13.8. The number of unbranched alkanes of at least 4 members (excludes halogenated alkanes) is 2. The summed E-state index contributed by atoms with van der Waals surface area (Å²) in [6.07, 6.45) is 12.6. The molecule has 2 amide bonds. The molecule has 3 saturated heterocycles. The molecule has 4 aliphatic rings. The van der Waals surface area contributed by atoms with Gasteiger partial charge in [0.2, 0.25) is 11.8 Å². The van der Waals surface area contributed by atoms with Crippen molar-refractivity contribution in [3.63, 3.8) is 0 Å². The zero-order valence-corrected chi connectivity index (χ0v) is 26.5. The molecule has 224 valence electrons. The van der Waals surface area contributed by atoms with Crippen molar-refractivity contribution in [1.82, 2.24) is 9.80 Å². The predicted molar refractivity (Wildman–Crippen MR) is 163 cm³/mol. The molecule has 1 spiro atoms. The number of carbonyl (C=O) groups excluding carboxylic acids is 3. The molecule has 9 heteroatoms. The Balaban J connectivity index is 1.71. The lowest BCUT2D eigenvalue weighted by molar-refractivity contribution is -0.154. The van der Waals surface area contributed by atoms with Gasteiger partial charge in [0.25, 0.3) is 0 Å². The van der Waals surface area contributed by atoms with Crippen LogP contribution in [-0.4, -0.2) is 85.4 Å². The molecule has 7 atom stereocenters. The Hall–Kier alpha value is -1.32. The Labute approximate surface area is 252 Å². The number of aliphatic hydroxyl groups is 1. The number of ether oxygens (including phenoxy) is 1. The van der Waals surface area contributed by atoms with Gasteiger partial charge in [-0.25, -0.2) is 0 Å². The van der Waals surface area contributed by atoms with Crippen LogP contribution in [0.1, 0.15) is 78.1 Å². The summed E-state index contributed by atoms with van der Waals surface area (Å²) in [5.41, 5.74) is 0. The molecule has 0 aromatic carbocycles. The van der Waals surface area contributed by atoms with Gasteiger partial charge in [0.05, 0.1) is 35.8 Å². The molecule has 3 unspecified atom stereocenters. The van der Waals surface area contributed by atoms with E-state index in [0.29, 0.717) is 26.0 Å². The molecule has 1 aliphatic carbocycles. The highest BCUT2D eigenvalue weighted by atomic mass is 79.9. The second-order valence-corrected chi connectivity index (χ2v) is 15.1. The normalized spacial score (nSPS) is 32.3. The molecule has 1 N–H and O–H groups in total. The molecule has 2 bridgehead atoms. The number of carbonyl (C=O) groups is 3. The van der Waals surface area contributed by atoms with E-state index in [9.17, 15) is 19.5 Å². The Morgan fingerprint density at radius 2 is 1.95 bits per heavy atom. The first-order valence-electron chi connectivity index (χ1n) is 15.2. The van der Waals surface area contributed by atoms with Crippen LogP contribution in [-0.2, 0) is 19.1 Å². The smallest absolute Gasteiger partial charge is 0.310 e. The van der Waals surface area contributed by atoms with E-state index in [1.807, 2.05) is 11.0 Å². The zero-order valence-electron chi connectivity index (χ0n) is 24.1. The lowest BCUT2D eigenvalue weighted by Gasteiger charge is -2.43. The fourth-order valence-electron chi connectivity index (χ4n) is 7.60. The molecule has 0 radical (unpaired) electrons. The summed E-state index contributed by atoms with van der Waals surface area (Å²) < 4.78 is 5.02. The molecule has 0 aromatic rings. The number of fused-ring (bicyclic) bond motifs is 1. The Morgan fingerprint density at radius 3 is 2.58 bits per heavy atom. The maximum atomic E-state index is 14.7. The fraction of sp³-hybridized carbons (Fsp3) is 0.774. The number of allylic oxidation sites excluding steroid dienone is 1. The Kier molecular flexibility index (Phi) is 10.9. The van der Waals surface area contributed by atoms with Gasteiger partial charge in [-0.2, -0.15) is 0 Å². The van der Waals surface area contributed by atoms with Crippen LogP contribution in [0.15, 0.2) is 25.3 Å². The number of alkyl halides is 1. The standard InChI is InChI=1S/C31H47BrN2O5S/c1-5-7-8-12-16-39-30(38)24-25-28(36)34(22(19-35)17-20(3)4)27(31(25)18-23(32)26(24)40-31)29(37)33(15-6-2)21-13-10-9-11-14-21/h5-6,20-27,35H,1-2,7-19H2,3-4H3/t22-,23?,24+,25+,26+,27?,31?/m1/s1. The number of hydrogen-bond donors (Lipinski definition) is 1. The first-order valence-corrected chi connectivity index (χ1v) is 16.9. The summed E-state index contributed by atoms with van der Waals surface area (Å²) in [6.45, 7) is 12.3. The summed E-state index contributed by atoms with van der Waals surface area (Å²) in [7, 11) is 0. The van der Waals surface area contributed by atoms with Gasteiger partial charge in [0, 0.05) is 22.7 Å². The fourth-order valence-corrected chi connectivity index (χ4v) is 11.2. The Bertz CT molecular complexity index is 956. The summed E-state index contributed by atoms with van der Waals surface area (Å²) in [6, 6.07) is -1.10. The van der Waals surface area contributed by atoms with Crippen LogP contribution in [0.25, 0.3) is 0 Å². The third kappa shape index (κ3) is 5.94. The van der Waals surface area contributed by atoms with Gasteiger partial charge >= 0.3 is 5.97 Å². The number of aliphatic hydroxyl groups excluding tert-OH is 1. The van der Waals surface area contributed by atoms with Crippen molar-refractivity contribution >= 4 is 45.5 Å². The third-order valence-corrected chi connectivity index (χ3v) is 12.5. The summed E-state index contributed by atoms with van der Waals surface area (Å²) in [5.74, 6) is -1.60. The second-order valence-electron chi connectivity index (χ2n) is 12.4. The topological polar surface area (TPSA) is 87.1 Å². The number of likely N-dealkylation sites (tertiary alicyclic amines) is 1. The molecule has 1 saturated carbocycles. The number of nitrogens with zero attached hydrogens (tertiary/aromatic N) is 2. The molecular formula is C31H47BrN2O5S. The largest absolute Gasteiger partial charge is 0.465 e. The summed E-state index contributed by atoms with van der Waals surface area (Å²) in [5, 5.41) is 10.4. The van der Waals surface area contributed by atoms with Crippen LogP contribution in [0, 0.1) is 17.8 Å². The van der Waals surface area contributed by atoms with Crippen molar-refractivity contribution in [3.8, 4) is 0 Å². The van der Waals surface area contributed by atoms with Crippen LogP contribution in [0.3, 0.4) is 0 Å². The molecule has 3 heterocycles. The van der Waals surface area contributed by atoms with E-state index in [1.165, 1.54) is 6.42 Å². The van der Waals surface area contributed by atoms with Crippen LogP contribution < -0.4 is 0 Å². The molecule has 7 nitrogen and oxygen atoms in total. The van der Waals surface area contributed by atoms with E-state index in [0.717, 1.165) is 44.9 Å². The van der Waals surface area contributed by atoms with Gasteiger partial charge in [-0.05, 0) is 50.9 Å². The van der Waals surface area contributed by atoms with Crippen LogP contribution in [0.5, 0.6) is 0 Å². The first kappa shape index (κ1) is 31.6. The molecule has 4 fully saturated rings. The minimum Gasteiger partial charge on any atom is -0.465 e. The SMILES string of the molecule is C=CCCCCOC(=O)[C@H]1[C@H]2C(=O)N([C@@H](CO)CC(C)C)C(C(=O)N(CC=C)C3CCCCC3)C23CC(Br)[C@@H]1S3. The number of hydrogen-bond acceptors (Lipinski definition) is 6. The highest BCUT2D eigenvalue weighted by Gasteiger charge is 2.76. The van der Waals surface area contributed by atoms with E-state index in [-0.39, 0.29) is 46.4 Å². The maximum absolute atomic E-state index is 14.7. The molecular weight excluding hydrogens is 592 g/mol. The van der Waals surface area contributed by atoms with Gasteiger partial charge < -0.3 is 19.6 Å². The zero-order chi connectivity index (χ0) is 29.0. The van der Waals surface area contributed by atoms with E-state index >= 15 is 0 Å². The molecule has 4 rings (SSSR count). The highest BCUT2D eigenvalue weighted by Crippen LogP contribution is 2.68. The van der Waals surface area contributed by atoms with Crippen molar-refractivity contribution in [2.75, 3.05) is 19.8 Å². The van der Waals surface area contributed by atoms with Crippen molar-refractivity contribution in [3.05, 3.63) is 25.3 Å². The van der Waals surface area contributed by atoms with E-state index in [2.05, 4.69) is 42.9 Å². The average Bonchev–Trinajstić information content (AvgIpc) is 3.53. The minimum absolute atomic E-state index is 0.00433. The maximum Gasteiger partial charge on any atom is 0.310 e. The van der Waals surface area contributed by atoms with Crippen molar-refractivity contribution < 1.29 is 24.2 Å². The van der Waals surface area contributed by atoms with E-state index < -0.39 is 28.7 Å². The first-order chi connectivity index (χ1) is 19.2. The monoisotopic (exact) mass is 638 g/mol. The lowest BCUT2D eigenvalue weighted by Crippen LogP contribution is -2.59. The summed E-state index contributed by atoms with van der Waals surface area (Å²) >= 11 is 5.47. The number of amides is 2. The van der Waals surface area contributed by atoms with Gasteiger partial charge in [-0.15, -0.1) is 24.9 Å². The van der Waals surface area contributed by atoms with Gasteiger partial charge in [0.15, 0.2) is 0 Å². The lowest BCUT2D eigenvalue weighted by atomic mass is 9.71. The average molecular weight is 640 g/mol. The molecule has 40 heavy (non-hydrogen) atoms. The van der Waals surface area contributed by atoms with Gasteiger partial charge in [0.1, 0.15) is 6.04 Å². The summed E-state index contributed by atoms with van der Waals surface area (Å²) in [4.78, 5) is 46.4. The van der Waals surface area contributed by atoms with Crippen LogP contribution in [0.2, 0.25) is 0 Å². The van der Waals surface area contributed by atoms with Crippen molar-refractivity contribution in [2.24, 2.45) is 17.8 Å². The Morgan fingerprint density at radius 1 is 1.23 bits per heavy atom.